The Labute approximate surface area is 211 Å². The molecule has 1 heterocycles. The minimum absolute atomic E-state index is 0.0509. The standard InChI is InChI=1S/C29H40O5S/c1-8-29(9-2,23-11-10-22(20(3)16-23)19-35(31,32)28(5,6)7)24-12-14-26(21(4)17-24)33-18-25-13-15-27(30)34-25/h10-12,14,16-17,25H,8-9,13,15,18-19H2,1-7H3. The maximum absolute atomic E-state index is 12.8. The number of ether oxygens (including phenoxy) is 2. The summed E-state index contributed by atoms with van der Waals surface area (Å²) in [5.74, 6) is 0.699. The van der Waals surface area contributed by atoms with Crippen molar-refractivity contribution >= 4 is 15.8 Å². The molecule has 1 aliphatic heterocycles. The molecule has 0 aliphatic carbocycles. The van der Waals surface area contributed by atoms with Crippen molar-refractivity contribution < 1.29 is 22.7 Å². The molecule has 192 valence electrons. The monoisotopic (exact) mass is 500 g/mol. The van der Waals surface area contributed by atoms with E-state index in [9.17, 15) is 13.2 Å². The number of carbonyl (C=O) groups excluding carboxylic acids is 1. The first-order chi connectivity index (χ1) is 16.3. The van der Waals surface area contributed by atoms with Gasteiger partial charge < -0.3 is 9.47 Å². The fraction of sp³-hybridized carbons (Fsp3) is 0.552. The van der Waals surface area contributed by atoms with Crippen molar-refractivity contribution in [2.75, 3.05) is 6.61 Å². The van der Waals surface area contributed by atoms with E-state index in [0.717, 1.165) is 35.3 Å². The Hall–Kier alpha value is -2.34. The molecule has 0 N–H and O–H groups in total. The molecule has 0 amide bonds. The zero-order valence-corrected chi connectivity index (χ0v) is 23.1. The van der Waals surface area contributed by atoms with Gasteiger partial charge in [-0.05, 0) is 87.8 Å². The van der Waals surface area contributed by atoms with Crippen LogP contribution in [0.1, 0.15) is 88.1 Å². The molecule has 0 bridgehead atoms. The maximum Gasteiger partial charge on any atom is 0.306 e. The number of aryl methyl sites for hydroxylation is 2. The lowest BCUT2D eigenvalue weighted by Crippen LogP contribution is -2.30. The summed E-state index contributed by atoms with van der Waals surface area (Å²) >= 11 is 0. The number of esters is 1. The lowest BCUT2D eigenvalue weighted by Gasteiger charge is -2.34. The number of hydrogen-bond acceptors (Lipinski definition) is 5. The molecular formula is C29H40O5S. The molecule has 35 heavy (non-hydrogen) atoms. The van der Waals surface area contributed by atoms with E-state index >= 15 is 0 Å². The second-order valence-electron chi connectivity index (χ2n) is 10.7. The normalized spacial score (nSPS) is 16.9. The molecule has 0 spiro atoms. The van der Waals surface area contributed by atoms with E-state index in [2.05, 4.69) is 38.1 Å². The highest BCUT2D eigenvalue weighted by atomic mass is 32.2. The van der Waals surface area contributed by atoms with Crippen molar-refractivity contribution in [3.05, 3.63) is 64.2 Å². The lowest BCUT2D eigenvalue weighted by molar-refractivity contribution is -0.142. The minimum Gasteiger partial charge on any atom is -0.489 e. The van der Waals surface area contributed by atoms with E-state index in [1.165, 1.54) is 11.1 Å². The summed E-state index contributed by atoms with van der Waals surface area (Å²) < 4.78 is 36.0. The zero-order valence-electron chi connectivity index (χ0n) is 22.2. The van der Waals surface area contributed by atoms with Crippen molar-refractivity contribution in [2.45, 2.75) is 96.2 Å². The summed E-state index contributed by atoms with van der Waals surface area (Å²) in [6, 6.07) is 12.6. The fourth-order valence-corrected chi connectivity index (χ4v) is 5.97. The number of rotatable bonds is 9. The number of hydrogen-bond donors (Lipinski definition) is 0. The van der Waals surface area contributed by atoms with Gasteiger partial charge in [-0.1, -0.05) is 44.2 Å². The Morgan fingerprint density at radius 1 is 0.971 bits per heavy atom. The molecule has 1 atom stereocenters. The molecule has 0 saturated carbocycles. The van der Waals surface area contributed by atoms with Crippen LogP contribution in [0.4, 0.5) is 0 Å². The Morgan fingerprint density at radius 3 is 2.06 bits per heavy atom. The molecule has 0 aromatic heterocycles. The first-order valence-corrected chi connectivity index (χ1v) is 14.2. The van der Waals surface area contributed by atoms with Crippen LogP contribution in [0.2, 0.25) is 0 Å². The van der Waals surface area contributed by atoms with E-state index in [-0.39, 0.29) is 23.2 Å². The number of carbonyl (C=O) groups is 1. The quantitative estimate of drug-likeness (QED) is 0.383. The van der Waals surface area contributed by atoms with Crippen molar-refractivity contribution in [1.29, 1.82) is 0 Å². The average molecular weight is 501 g/mol. The van der Waals surface area contributed by atoms with Crippen LogP contribution in [0, 0.1) is 13.8 Å². The van der Waals surface area contributed by atoms with Crippen molar-refractivity contribution in [1.82, 2.24) is 0 Å². The Balaban J connectivity index is 1.88. The minimum atomic E-state index is -3.25. The maximum atomic E-state index is 12.8. The summed E-state index contributed by atoms with van der Waals surface area (Å²) in [6.07, 6.45) is 2.83. The van der Waals surface area contributed by atoms with Gasteiger partial charge >= 0.3 is 5.97 Å². The third-order valence-corrected chi connectivity index (χ3v) is 10.1. The van der Waals surface area contributed by atoms with Gasteiger partial charge in [0.05, 0.1) is 10.5 Å². The Bertz CT molecular complexity index is 1170. The van der Waals surface area contributed by atoms with E-state index in [1.54, 1.807) is 20.8 Å². The molecule has 0 radical (unpaired) electrons. The Morgan fingerprint density at radius 2 is 1.57 bits per heavy atom. The van der Waals surface area contributed by atoms with Crippen molar-refractivity contribution in [2.24, 2.45) is 0 Å². The summed E-state index contributed by atoms with van der Waals surface area (Å²) in [7, 11) is -3.25. The molecule has 3 rings (SSSR count). The van der Waals surface area contributed by atoms with Crippen molar-refractivity contribution in [3.8, 4) is 5.75 Å². The van der Waals surface area contributed by atoms with Crippen LogP contribution in [0.25, 0.3) is 0 Å². The van der Waals surface area contributed by atoms with Gasteiger partial charge in [-0.3, -0.25) is 4.79 Å². The molecular weight excluding hydrogens is 460 g/mol. The molecule has 5 nitrogen and oxygen atoms in total. The highest BCUT2D eigenvalue weighted by Crippen LogP contribution is 2.41. The second kappa shape index (κ2) is 10.3. The van der Waals surface area contributed by atoms with E-state index in [0.29, 0.717) is 19.4 Å². The molecule has 1 unspecified atom stereocenters. The summed E-state index contributed by atoms with van der Waals surface area (Å²) in [5.41, 5.74) is 5.14. The SMILES string of the molecule is CCC(CC)(c1ccc(CS(=O)(=O)C(C)(C)C)c(C)c1)c1ccc(OCC2CCC(=O)O2)c(C)c1. The van der Waals surface area contributed by atoms with E-state index in [4.69, 9.17) is 9.47 Å². The lowest BCUT2D eigenvalue weighted by atomic mass is 9.70. The van der Waals surface area contributed by atoms with Crippen molar-refractivity contribution in [3.63, 3.8) is 0 Å². The van der Waals surface area contributed by atoms with Crippen LogP contribution >= 0.6 is 0 Å². The smallest absolute Gasteiger partial charge is 0.306 e. The Kier molecular flexibility index (Phi) is 8.05. The van der Waals surface area contributed by atoms with Crippen LogP contribution in [0.5, 0.6) is 5.75 Å². The number of cyclic esters (lactones) is 1. The number of sulfone groups is 1. The third-order valence-electron chi connectivity index (χ3n) is 7.50. The molecule has 6 heteroatoms. The van der Waals surface area contributed by atoms with Gasteiger partial charge in [0.25, 0.3) is 0 Å². The predicted molar refractivity (Wildman–Crippen MR) is 141 cm³/mol. The van der Waals surface area contributed by atoms with Gasteiger partial charge in [0, 0.05) is 11.8 Å². The summed E-state index contributed by atoms with van der Waals surface area (Å²) in [6.45, 7) is 14.1. The van der Waals surface area contributed by atoms with Crippen LogP contribution in [0.3, 0.4) is 0 Å². The van der Waals surface area contributed by atoms with Crippen LogP contribution in [-0.2, 0) is 30.5 Å². The van der Waals surface area contributed by atoms with Gasteiger partial charge in [0.2, 0.25) is 0 Å². The molecule has 1 saturated heterocycles. The summed E-state index contributed by atoms with van der Waals surface area (Å²) in [4.78, 5) is 11.3. The van der Waals surface area contributed by atoms with E-state index < -0.39 is 14.6 Å². The number of benzene rings is 2. The van der Waals surface area contributed by atoms with E-state index in [1.807, 2.05) is 26.0 Å². The topological polar surface area (TPSA) is 69.7 Å². The summed E-state index contributed by atoms with van der Waals surface area (Å²) in [5, 5.41) is 0. The highest BCUT2D eigenvalue weighted by Gasteiger charge is 2.33. The van der Waals surface area contributed by atoms with Crippen LogP contribution in [0.15, 0.2) is 36.4 Å². The first-order valence-electron chi connectivity index (χ1n) is 12.6. The van der Waals surface area contributed by atoms with Gasteiger partial charge in [0.15, 0.2) is 9.84 Å². The second-order valence-corrected chi connectivity index (χ2v) is 13.5. The predicted octanol–water partition coefficient (Wildman–Crippen LogP) is 6.21. The zero-order chi connectivity index (χ0) is 26.0. The average Bonchev–Trinajstić information content (AvgIpc) is 3.20. The molecule has 1 aliphatic rings. The largest absolute Gasteiger partial charge is 0.489 e. The fourth-order valence-electron chi connectivity index (χ4n) is 4.80. The van der Waals surface area contributed by atoms with Gasteiger partial charge in [-0.15, -0.1) is 0 Å². The van der Waals surface area contributed by atoms with Gasteiger partial charge in [-0.2, -0.15) is 0 Å². The van der Waals surface area contributed by atoms with Gasteiger partial charge in [0.1, 0.15) is 18.5 Å². The molecule has 2 aromatic carbocycles. The molecule has 2 aromatic rings. The molecule has 1 fully saturated rings. The van der Waals surface area contributed by atoms with Crippen LogP contribution < -0.4 is 4.74 Å². The highest BCUT2D eigenvalue weighted by molar-refractivity contribution is 7.91. The van der Waals surface area contributed by atoms with Gasteiger partial charge in [-0.25, -0.2) is 8.42 Å². The first kappa shape index (κ1) is 27.3. The third kappa shape index (κ3) is 5.74. The van der Waals surface area contributed by atoms with Crippen LogP contribution in [-0.4, -0.2) is 31.8 Å².